The minimum atomic E-state index is -0.288. The Bertz CT molecular complexity index is 629. The van der Waals surface area contributed by atoms with E-state index in [1.165, 1.54) is 10.9 Å². The van der Waals surface area contributed by atoms with Crippen molar-refractivity contribution in [1.29, 1.82) is 0 Å². The van der Waals surface area contributed by atoms with E-state index in [-0.39, 0.29) is 18.3 Å². The van der Waals surface area contributed by atoms with Gasteiger partial charge < -0.3 is 10.1 Å². The Morgan fingerprint density at radius 3 is 3.00 bits per heavy atom. The lowest BCUT2D eigenvalue weighted by atomic mass is 10.1. The van der Waals surface area contributed by atoms with E-state index in [1.807, 2.05) is 0 Å². The van der Waals surface area contributed by atoms with Gasteiger partial charge in [0.1, 0.15) is 12.4 Å². The van der Waals surface area contributed by atoms with Crippen LogP contribution in [0.3, 0.4) is 0 Å². The van der Waals surface area contributed by atoms with E-state index < -0.39 is 0 Å². The van der Waals surface area contributed by atoms with Gasteiger partial charge in [-0.25, -0.2) is 4.39 Å². The van der Waals surface area contributed by atoms with E-state index in [2.05, 4.69) is 20.7 Å². The number of carbonyl (C=O) groups is 1. The molecule has 0 radical (unpaired) electrons. The molecular formula is C13H16FN5O2. The van der Waals surface area contributed by atoms with Gasteiger partial charge in [-0.2, -0.15) is 4.80 Å². The highest BCUT2D eigenvalue weighted by molar-refractivity contribution is 5.75. The topological polar surface area (TPSA) is 81.9 Å². The summed E-state index contributed by atoms with van der Waals surface area (Å²) >= 11 is 0. The predicted octanol–water partition coefficient (Wildman–Crippen LogP) is 0.550. The van der Waals surface area contributed by atoms with Crippen molar-refractivity contribution < 1.29 is 13.9 Å². The molecule has 1 N–H and O–H groups in total. The summed E-state index contributed by atoms with van der Waals surface area (Å²) in [5.41, 5.74) is 1.15. The van der Waals surface area contributed by atoms with Crippen LogP contribution < -0.4 is 5.32 Å². The molecule has 0 aliphatic carbocycles. The number of hydrogen-bond donors (Lipinski definition) is 1. The Kier molecular flexibility index (Phi) is 4.94. The van der Waals surface area contributed by atoms with Crippen LogP contribution in [0.25, 0.3) is 11.4 Å². The molecule has 1 aromatic carbocycles. The van der Waals surface area contributed by atoms with E-state index in [0.717, 1.165) is 0 Å². The molecule has 0 atom stereocenters. The number of tetrazole rings is 1. The van der Waals surface area contributed by atoms with Crippen LogP contribution in [0.5, 0.6) is 0 Å². The third-order valence-corrected chi connectivity index (χ3v) is 2.78. The summed E-state index contributed by atoms with van der Waals surface area (Å²) in [6.45, 7) is 2.49. The van der Waals surface area contributed by atoms with E-state index >= 15 is 0 Å². The molecule has 7 nitrogen and oxygen atoms in total. The summed E-state index contributed by atoms with van der Waals surface area (Å²) in [6.07, 6.45) is 0. The molecule has 112 valence electrons. The number of carbonyl (C=O) groups excluding carboxylic acids is 1. The molecule has 0 saturated heterocycles. The zero-order chi connectivity index (χ0) is 15.2. The Balaban J connectivity index is 2.00. The maximum Gasteiger partial charge on any atom is 0.243 e. The maximum absolute atomic E-state index is 13.2. The number of aromatic nitrogens is 4. The Labute approximate surface area is 121 Å². The van der Waals surface area contributed by atoms with Crippen LogP contribution in [-0.2, 0) is 16.1 Å². The highest BCUT2D eigenvalue weighted by atomic mass is 19.1. The number of benzene rings is 1. The van der Waals surface area contributed by atoms with Crippen LogP contribution >= 0.6 is 0 Å². The number of nitrogens with one attached hydrogen (secondary N) is 1. The summed E-state index contributed by atoms with van der Waals surface area (Å²) in [6, 6.07) is 4.56. The van der Waals surface area contributed by atoms with Crippen molar-refractivity contribution in [2.45, 2.75) is 13.5 Å². The van der Waals surface area contributed by atoms with Crippen LogP contribution in [0, 0.1) is 12.7 Å². The molecule has 0 fully saturated rings. The summed E-state index contributed by atoms with van der Waals surface area (Å²) in [7, 11) is 1.56. The van der Waals surface area contributed by atoms with Crippen molar-refractivity contribution in [2.75, 3.05) is 20.3 Å². The zero-order valence-electron chi connectivity index (χ0n) is 11.8. The second-order valence-electron chi connectivity index (χ2n) is 4.45. The summed E-state index contributed by atoms with van der Waals surface area (Å²) < 4.78 is 18.0. The number of rotatable bonds is 6. The van der Waals surface area contributed by atoms with Crippen LogP contribution in [0.2, 0.25) is 0 Å². The minimum Gasteiger partial charge on any atom is -0.383 e. The molecule has 0 unspecified atom stereocenters. The minimum absolute atomic E-state index is 0.0309. The van der Waals surface area contributed by atoms with Gasteiger partial charge in [0.2, 0.25) is 11.7 Å². The molecule has 1 heterocycles. The molecule has 8 heteroatoms. The first kappa shape index (κ1) is 15.0. The molecule has 0 aliphatic heterocycles. The van der Waals surface area contributed by atoms with Gasteiger partial charge in [0.25, 0.3) is 0 Å². The second-order valence-corrected chi connectivity index (χ2v) is 4.45. The van der Waals surface area contributed by atoms with Gasteiger partial charge in [-0.15, -0.1) is 10.2 Å². The highest BCUT2D eigenvalue weighted by Crippen LogP contribution is 2.17. The van der Waals surface area contributed by atoms with Gasteiger partial charge >= 0.3 is 0 Å². The summed E-state index contributed by atoms with van der Waals surface area (Å²) in [5, 5.41) is 14.4. The van der Waals surface area contributed by atoms with Crippen LogP contribution in [0.15, 0.2) is 18.2 Å². The molecule has 2 aromatic rings. The fourth-order valence-electron chi connectivity index (χ4n) is 1.69. The predicted molar refractivity (Wildman–Crippen MR) is 72.8 cm³/mol. The standard InChI is InChI=1S/C13H16FN5O2/c1-9-7-10(3-4-11(9)14)13-16-18-19(17-13)8-12(20)15-5-6-21-2/h3-4,7H,5-6,8H2,1-2H3,(H,15,20). The quantitative estimate of drug-likeness (QED) is 0.787. The zero-order valence-corrected chi connectivity index (χ0v) is 11.8. The van der Waals surface area contributed by atoms with Gasteiger partial charge in [0.15, 0.2) is 0 Å². The van der Waals surface area contributed by atoms with Crippen LogP contribution in [-0.4, -0.2) is 46.4 Å². The molecule has 0 bridgehead atoms. The summed E-state index contributed by atoms with van der Waals surface area (Å²) in [4.78, 5) is 12.8. The normalized spacial score (nSPS) is 10.6. The van der Waals surface area contributed by atoms with Gasteiger partial charge in [-0.1, -0.05) is 0 Å². The Morgan fingerprint density at radius 2 is 2.29 bits per heavy atom. The van der Waals surface area contributed by atoms with Crippen molar-refractivity contribution in [3.05, 3.63) is 29.6 Å². The molecule has 0 spiro atoms. The Hall–Kier alpha value is -2.35. The third-order valence-electron chi connectivity index (χ3n) is 2.78. The maximum atomic E-state index is 13.2. The Morgan fingerprint density at radius 1 is 1.48 bits per heavy atom. The van der Waals surface area contributed by atoms with Crippen molar-refractivity contribution in [3.63, 3.8) is 0 Å². The van der Waals surface area contributed by atoms with Crippen molar-refractivity contribution in [3.8, 4) is 11.4 Å². The molecule has 1 amide bonds. The van der Waals surface area contributed by atoms with Crippen molar-refractivity contribution in [2.24, 2.45) is 0 Å². The number of amides is 1. The van der Waals surface area contributed by atoms with Gasteiger partial charge in [0, 0.05) is 19.2 Å². The van der Waals surface area contributed by atoms with Gasteiger partial charge in [-0.05, 0) is 35.9 Å². The molecule has 21 heavy (non-hydrogen) atoms. The average Bonchev–Trinajstić information content (AvgIpc) is 2.90. The smallest absolute Gasteiger partial charge is 0.243 e. The van der Waals surface area contributed by atoms with Gasteiger partial charge in [0.05, 0.1) is 6.61 Å². The van der Waals surface area contributed by atoms with Crippen molar-refractivity contribution in [1.82, 2.24) is 25.5 Å². The van der Waals surface area contributed by atoms with E-state index in [0.29, 0.717) is 30.1 Å². The SMILES string of the molecule is COCCNC(=O)Cn1nnc(-c2ccc(F)c(C)c2)n1. The lowest BCUT2D eigenvalue weighted by molar-refractivity contribution is -0.122. The van der Waals surface area contributed by atoms with E-state index in [4.69, 9.17) is 4.74 Å². The number of hydrogen-bond acceptors (Lipinski definition) is 5. The van der Waals surface area contributed by atoms with E-state index in [9.17, 15) is 9.18 Å². The fraction of sp³-hybridized carbons (Fsp3) is 0.385. The van der Waals surface area contributed by atoms with Gasteiger partial charge in [-0.3, -0.25) is 4.79 Å². The monoisotopic (exact) mass is 293 g/mol. The number of nitrogens with zero attached hydrogens (tertiary/aromatic N) is 4. The van der Waals surface area contributed by atoms with Crippen LogP contribution in [0.4, 0.5) is 4.39 Å². The lowest BCUT2D eigenvalue weighted by Crippen LogP contribution is -2.31. The number of aryl methyl sites for hydroxylation is 1. The number of halogens is 1. The largest absolute Gasteiger partial charge is 0.383 e. The second kappa shape index (κ2) is 6.89. The number of methoxy groups -OCH3 is 1. The first-order valence-corrected chi connectivity index (χ1v) is 6.40. The van der Waals surface area contributed by atoms with Crippen LogP contribution in [0.1, 0.15) is 5.56 Å². The average molecular weight is 293 g/mol. The molecule has 0 aliphatic rings. The first-order chi connectivity index (χ1) is 10.1. The summed E-state index contributed by atoms with van der Waals surface area (Å²) in [5.74, 6) is -0.169. The first-order valence-electron chi connectivity index (χ1n) is 6.40. The van der Waals surface area contributed by atoms with Crippen molar-refractivity contribution >= 4 is 5.91 Å². The number of ether oxygens (including phenoxy) is 1. The highest BCUT2D eigenvalue weighted by Gasteiger charge is 2.10. The fourth-order valence-corrected chi connectivity index (χ4v) is 1.69. The lowest BCUT2D eigenvalue weighted by Gasteiger charge is -2.02. The molecular weight excluding hydrogens is 277 g/mol. The molecule has 0 saturated carbocycles. The molecule has 2 rings (SSSR count). The van der Waals surface area contributed by atoms with E-state index in [1.54, 1.807) is 26.2 Å². The third kappa shape index (κ3) is 4.06. The molecule has 1 aromatic heterocycles.